The molecule has 0 atom stereocenters. The highest BCUT2D eigenvalue weighted by Gasteiger charge is 2.22. The lowest BCUT2D eigenvalue weighted by Crippen LogP contribution is -1.98. The topological polar surface area (TPSA) is 47.6 Å². The van der Waals surface area contributed by atoms with Crippen molar-refractivity contribution in [1.82, 2.24) is 0 Å². The largest absolute Gasteiger partial charge is 0.198 e. The third-order valence-corrected chi connectivity index (χ3v) is 3.73. The van der Waals surface area contributed by atoms with E-state index >= 15 is 0 Å². The van der Waals surface area contributed by atoms with Crippen molar-refractivity contribution in [2.45, 2.75) is 19.3 Å². The van der Waals surface area contributed by atoms with E-state index < -0.39 is 0 Å². The molecule has 0 aromatic heterocycles. The van der Waals surface area contributed by atoms with Crippen molar-refractivity contribution in [2.75, 3.05) is 0 Å². The number of benzene rings is 2. The average Bonchev–Trinajstić information content (AvgIpc) is 2.81. The smallest absolute Gasteiger partial charge is 0.0669 e. The van der Waals surface area contributed by atoms with Gasteiger partial charge in [-0.15, -0.1) is 0 Å². The van der Waals surface area contributed by atoms with Gasteiger partial charge in [-0.25, -0.2) is 0 Å². The molecule has 0 radical (unpaired) electrons. The molecule has 90 valence electrons. The van der Waals surface area contributed by atoms with Gasteiger partial charge < -0.3 is 0 Å². The minimum atomic E-state index is 0.376. The summed E-state index contributed by atoms with van der Waals surface area (Å²) in [5.41, 5.74) is 7.08. The van der Waals surface area contributed by atoms with Crippen molar-refractivity contribution in [3.63, 3.8) is 0 Å². The molecule has 0 amide bonds. The molecule has 19 heavy (non-hydrogen) atoms. The predicted molar refractivity (Wildman–Crippen MR) is 73.3 cm³/mol. The van der Waals surface area contributed by atoms with Gasteiger partial charge in [0.05, 0.1) is 25.0 Å². The van der Waals surface area contributed by atoms with Crippen LogP contribution in [0.2, 0.25) is 0 Å². The Morgan fingerprint density at radius 1 is 0.895 bits per heavy atom. The molecular formula is C17H12N2. The van der Waals surface area contributed by atoms with Crippen LogP contribution in [0.15, 0.2) is 36.4 Å². The zero-order chi connectivity index (χ0) is 13.2. The van der Waals surface area contributed by atoms with Gasteiger partial charge in [-0.05, 0) is 39.8 Å². The Hall–Kier alpha value is -2.58. The van der Waals surface area contributed by atoms with E-state index in [1.807, 2.05) is 18.2 Å². The van der Waals surface area contributed by atoms with Crippen LogP contribution in [-0.2, 0) is 19.3 Å². The average molecular weight is 244 g/mol. The molecule has 0 saturated heterocycles. The lowest BCUT2D eigenvalue weighted by atomic mass is 9.93. The van der Waals surface area contributed by atoms with Crippen LogP contribution in [0.1, 0.15) is 22.3 Å². The number of hydrogen-bond donors (Lipinski definition) is 0. The zero-order valence-corrected chi connectivity index (χ0v) is 10.5. The molecule has 1 aliphatic rings. The highest BCUT2D eigenvalue weighted by atomic mass is 14.3. The number of rotatable bonds is 2. The van der Waals surface area contributed by atoms with Gasteiger partial charge in [-0.2, -0.15) is 10.5 Å². The molecule has 3 rings (SSSR count). The van der Waals surface area contributed by atoms with Crippen molar-refractivity contribution in [2.24, 2.45) is 0 Å². The van der Waals surface area contributed by atoms with E-state index in [0.717, 1.165) is 17.5 Å². The molecule has 2 aromatic carbocycles. The molecule has 0 spiro atoms. The van der Waals surface area contributed by atoms with E-state index in [2.05, 4.69) is 30.3 Å². The zero-order valence-electron chi connectivity index (χ0n) is 10.5. The second-order valence-electron chi connectivity index (χ2n) is 4.73. The quantitative estimate of drug-likeness (QED) is 0.693. The van der Waals surface area contributed by atoms with Crippen LogP contribution >= 0.6 is 0 Å². The first-order valence-electron chi connectivity index (χ1n) is 6.31. The van der Waals surface area contributed by atoms with Gasteiger partial charge in [0.25, 0.3) is 0 Å². The summed E-state index contributed by atoms with van der Waals surface area (Å²) >= 11 is 0. The van der Waals surface area contributed by atoms with Gasteiger partial charge in [0, 0.05) is 0 Å². The maximum absolute atomic E-state index is 9.03. The lowest BCUT2D eigenvalue weighted by molar-refractivity contribution is 1.10. The maximum atomic E-state index is 9.03. The molecule has 0 aliphatic heterocycles. The highest BCUT2D eigenvalue weighted by Crippen LogP contribution is 2.39. The molecular weight excluding hydrogens is 232 g/mol. The number of hydrogen-bond acceptors (Lipinski definition) is 2. The predicted octanol–water partition coefficient (Wildman–Crippen LogP) is 3.39. The SMILES string of the molecule is N#CCc1ccc2c(c1CC#N)Cc1ccccc1-2. The van der Waals surface area contributed by atoms with Crippen LogP contribution in [0.5, 0.6) is 0 Å². The van der Waals surface area contributed by atoms with E-state index in [9.17, 15) is 0 Å². The van der Waals surface area contributed by atoms with Gasteiger partial charge in [0.2, 0.25) is 0 Å². The van der Waals surface area contributed by atoms with Crippen LogP contribution < -0.4 is 0 Å². The summed E-state index contributed by atoms with van der Waals surface area (Å²) in [6, 6.07) is 16.9. The summed E-state index contributed by atoms with van der Waals surface area (Å²) in [6.07, 6.45) is 1.64. The van der Waals surface area contributed by atoms with Crippen molar-refractivity contribution in [1.29, 1.82) is 10.5 Å². The molecule has 0 fully saturated rings. The summed E-state index contributed by atoms with van der Waals surface area (Å²) in [5.74, 6) is 0. The summed E-state index contributed by atoms with van der Waals surface area (Å²) in [5, 5.41) is 17.9. The minimum absolute atomic E-state index is 0.376. The minimum Gasteiger partial charge on any atom is -0.198 e. The first-order valence-corrected chi connectivity index (χ1v) is 6.31. The molecule has 2 nitrogen and oxygen atoms in total. The van der Waals surface area contributed by atoms with Crippen molar-refractivity contribution in [3.05, 3.63) is 58.7 Å². The van der Waals surface area contributed by atoms with E-state index in [0.29, 0.717) is 12.8 Å². The normalized spacial score (nSPS) is 11.3. The fraction of sp³-hybridized carbons (Fsp3) is 0.176. The van der Waals surface area contributed by atoms with Gasteiger partial charge >= 0.3 is 0 Å². The van der Waals surface area contributed by atoms with Crippen LogP contribution in [0, 0.1) is 22.7 Å². The third kappa shape index (κ3) is 1.79. The first kappa shape index (κ1) is 11.5. The van der Waals surface area contributed by atoms with Crippen LogP contribution in [-0.4, -0.2) is 0 Å². The van der Waals surface area contributed by atoms with E-state index in [1.165, 1.54) is 22.3 Å². The van der Waals surface area contributed by atoms with Crippen LogP contribution in [0.25, 0.3) is 11.1 Å². The number of nitrogens with zero attached hydrogens (tertiary/aromatic N) is 2. The highest BCUT2D eigenvalue weighted by molar-refractivity contribution is 5.78. The fourth-order valence-corrected chi connectivity index (χ4v) is 2.87. The molecule has 0 heterocycles. The molecule has 2 heteroatoms. The van der Waals surface area contributed by atoms with Gasteiger partial charge in [-0.3, -0.25) is 0 Å². The van der Waals surface area contributed by atoms with Crippen molar-refractivity contribution in [3.8, 4) is 23.3 Å². The Balaban J connectivity index is 2.20. The first-order chi connectivity index (χ1) is 9.35. The third-order valence-electron chi connectivity index (χ3n) is 3.73. The maximum Gasteiger partial charge on any atom is 0.0669 e. The van der Waals surface area contributed by atoms with Crippen LogP contribution in [0.4, 0.5) is 0 Å². The molecule has 0 N–H and O–H groups in total. The molecule has 2 aromatic rings. The summed E-state index contributed by atoms with van der Waals surface area (Å²) < 4.78 is 0. The van der Waals surface area contributed by atoms with Gasteiger partial charge in [-0.1, -0.05) is 36.4 Å². The lowest BCUT2D eigenvalue weighted by Gasteiger charge is -2.10. The summed E-state index contributed by atoms with van der Waals surface area (Å²) in [4.78, 5) is 0. The fourth-order valence-electron chi connectivity index (χ4n) is 2.87. The Kier molecular flexibility index (Phi) is 2.78. The Morgan fingerprint density at radius 3 is 2.47 bits per heavy atom. The second-order valence-corrected chi connectivity index (χ2v) is 4.73. The molecule has 0 unspecified atom stereocenters. The van der Waals surface area contributed by atoms with Crippen molar-refractivity contribution >= 4 is 0 Å². The molecule has 0 saturated carbocycles. The molecule has 0 bridgehead atoms. The second kappa shape index (κ2) is 4.59. The number of fused-ring (bicyclic) bond motifs is 3. The van der Waals surface area contributed by atoms with E-state index in [4.69, 9.17) is 10.5 Å². The molecule has 1 aliphatic carbocycles. The monoisotopic (exact) mass is 244 g/mol. The Bertz CT molecular complexity index is 730. The summed E-state index contributed by atoms with van der Waals surface area (Å²) in [7, 11) is 0. The Labute approximate surface area is 112 Å². The number of nitriles is 2. The van der Waals surface area contributed by atoms with Crippen LogP contribution in [0.3, 0.4) is 0 Å². The summed E-state index contributed by atoms with van der Waals surface area (Å²) in [6.45, 7) is 0. The van der Waals surface area contributed by atoms with Gasteiger partial charge in [0.15, 0.2) is 0 Å². The van der Waals surface area contributed by atoms with Gasteiger partial charge in [0.1, 0.15) is 0 Å². The Morgan fingerprint density at radius 2 is 1.68 bits per heavy atom. The van der Waals surface area contributed by atoms with E-state index in [1.54, 1.807) is 0 Å². The van der Waals surface area contributed by atoms with E-state index in [-0.39, 0.29) is 0 Å². The van der Waals surface area contributed by atoms with Crippen molar-refractivity contribution < 1.29 is 0 Å². The standard InChI is InChI=1S/C17H12N2/c18-9-7-12-5-6-16-14-4-2-1-3-13(14)11-17(16)15(12)8-10-19/h1-6H,7-8,11H2.